The van der Waals surface area contributed by atoms with E-state index in [1.165, 1.54) is 29.3 Å². The van der Waals surface area contributed by atoms with Crippen LogP contribution >= 0.6 is 0 Å². The number of fused-ring (bicyclic) bond motifs is 8. The summed E-state index contributed by atoms with van der Waals surface area (Å²) >= 11 is 0. The van der Waals surface area contributed by atoms with E-state index >= 15 is 8.78 Å². The predicted octanol–water partition coefficient (Wildman–Crippen LogP) is 6.63. The van der Waals surface area contributed by atoms with Crippen LogP contribution in [0.2, 0.25) is 0 Å². The van der Waals surface area contributed by atoms with E-state index in [2.05, 4.69) is 21.9 Å². The molecule has 0 saturated carbocycles. The van der Waals surface area contributed by atoms with Crippen molar-refractivity contribution in [3.63, 3.8) is 0 Å². The van der Waals surface area contributed by atoms with Crippen molar-refractivity contribution in [1.29, 1.82) is 0 Å². The maximum absolute atomic E-state index is 15.6. The quantitative estimate of drug-likeness (QED) is 0.135. The lowest BCUT2D eigenvalue weighted by atomic mass is 9.75. The molecule has 1 aliphatic heterocycles. The van der Waals surface area contributed by atoms with Crippen molar-refractivity contribution in [3.05, 3.63) is 113 Å². The molecular formula is C36H38F2N6O4. The van der Waals surface area contributed by atoms with Gasteiger partial charge in [0.25, 0.3) is 0 Å². The van der Waals surface area contributed by atoms with Crippen LogP contribution in [0.5, 0.6) is 11.5 Å². The zero-order valence-corrected chi connectivity index (χ0v) is 26.7. The van der Waals surface area contributed by atoms with Gasteiger partial charge in [-0.05, 0) is 68.5 Å². The summed E-state index contributed by atoms with van der Waals surface area (Å²) in [5, 5.41) is 11.3. The molecule has 0 amide bonds. The smallest absolute Gasteiger partial charge is 0.303 e. The molecule has 0 aliphatic carbocycles. The van der Waals surface area contributed by atoms with Crippen molar-refractivity contribution in [3.8, 4) is 22.9 Å². The summed E-state index contributed by atoms with van der Waals surface area (Å²) in [6, 6.07) is 15.1. The van der Waals surface area contributed by atoms with Crippen molar-refractivity contribution < 1.29 is 28.2 Å². The molecule has 1 aliphatic rings. The van der Waals surface area contributed by atoms with Gasteiger partial charge in [0.15, 0.2) is 11.6 Å². The summed E-state index contributed by atoms with van der Waals surface area (Å²) < 4.78 is 43.3. The van der Waals surface area contributed by atoms with Gasteiger partial charge in [0.1, 0.15) is 17.4 Å². The lowest BCUT2D eigenvalue weighted by Gasteiger charge is -2.31. The van der Waals surface area contributed by atoms with Crippen molar-refractivity contribution in [2.45, 2.75) is 57.6 Å². The first-order valence-corrected chi connectivity index (χ1v) is 15.7. The zero-order valence-electron chi connectivity index (χ0n) is 26.7. The van der Waals surface area contributed by atoms with Crippen LogP contribution in [0.15, 0.2) is 78.9 Å². The molecule has 0 radical (unpaired) electrons. The number of aromatic amines is 2. The number of carboxylic acid groups (broad SMARTS) is 1. The Morgan fingerprint density at radius 3 is 2.81 bits per heavy atom. The second-order valence-electron chi connectivity index (χ2n) is 12.5. The average Bonchev–Trinajstić information content (AvgIpc) is 3.74. The highest BCUT2D eigenvalue weighted by Gasteiger charge is 2.32. The van der Waals surface area contributed by atoms with Gasteiger partial charge in [-0.2, -0.15) is 0 Å². The minimum Gasteiger partial charge on any atom is -0.481 e. The number of hydrogen-bond donors (Lipinski definition) is 5. The van der Waals surface area contributed by atoms with Crippen LogP contribution in [0.25, 0.3) is 22.3 Å². The molecule has 7 N–H and O–H groups in total. The number of benzene rings is 3. The monoisotopic (exact) mass is 656 g/mol. The number of rotatable bonds is 4. The molecule has 2 aromatic heterocycles. The minimum absolute atomic E-state index is 0.0105. The Morgan fingerprint density at radius 2 is 2.00 bits per heavy atom. The maximum atomic E-state index is 15.6. The SMILES string of the molecule is CC1CCC(C)(c2cccc(CCC(=O)O)c2)c2cnc([nH]2)-c2cc(ccc2F)Oc2c(F)cc3[nH]ccc3c2CN(N)/C=C(\N)CO1. The zero-order chi connectivity index (χ0) is 34.0. The number of halogens is 2. The van der Waals surface area contributed by atoms with Crippen LogP contribution in [0, 0.1) is 11.6 Å². The van der Waals surface area contributed by atoms with Gasteiger partial charge >= 0.3 is 5.97 Å². The molecule has 250 valence electrons. The molecule has 48 heavy (non-hydrogen) atoms. The standard InChI is InChI=1S/C36H38F2N6O4/c1-21-10-12-36(2,23-5-3-4-22(14-23)6-9-33(45)46)32-17-42-35(43-32)27-15-25(7-8-29(27)37)48-34-28(19-44(40)18-24(39)20-47-21)26-11-13-41-31(26)16-30(34)38/h3-5,7-8,11,13-18,21,41H,6,9-10,12,19-20,39-40H2,1-2H3,(H,42,43)(H,45,46)/b24-18-. The Labute approximate surface area is 276 Å². The fraction of sp³-hybridized carbons (Fsp3) is 0.278. The maximum Gasteiger partial charge on any atom is 0.303 e. The first-order valence-electron chi connectivity index (χ1n) is 15.7. The van der Waals surface area contributed by atoms with Gasteiger partial charge in [0, 0.05) is 58.7 Å². The van der Waals surface area contributed by atoms with Gasteiger partial charge in [-0.1, -0.05) is 24.3 Å². The van der Waals surface area contributed by atoms with Gasteiger partial charge < -0.3 is 35.3 Å². The van der Waals surface area contributed by atoms with E-state index in [4.69, 9.17) is 21.1 Å². The number of hydrogen-bond acceptors (Lipinski definition) is 7. The highest BCUT2D eigenvalue weighted by atomic mass is 19.1. The number of imidazole rings is 1. The summed E-state index contributed by atoms with van der Waals surface area (Å²) in [6.45, 7) is 4.19. The topological polar surface area (TPSA) is 156 Å². The third kappa shape index (κ3) is 6.90. The molecule has 2 atom stereocenters. The molecule has 3 heterocycles. The van der Waals surface area contributed by atoms with Crippen LogP contribution in [-0.2, 0) is 27.9 Å². The number of hydrazine groups is 1. The number of nitrogens with zero attached hydrogens (tertiary/aromatic N) is 2. The van der Waals surface area contributed by atoms with Gasteiger partial charge in [0.2, 0.25) is 0 Å². The summed E-state index contributed by atoms with van der Waals surface area (Å²) in [5.74, 6) is 4.74. The van der Waals surface area contributed by atoms with E-state index < -0.39 is 23.0 Å². The fourth-order valence-electron chi connectivity index (χ4n) is 6.14. The highest BCUT2D eigenvalue weighted by molar-refractivity contribution is 5.85. The van der Waals surface area contributed by atoms with E-state index in [1.54, 1.807) is 24.7 Å². The molecule has 6 rings (SSSR count). The molecule has 3 aromatic carbocycles. The molecule has 0 spiro atoms. The largest absolute Gasteiger partial charge is 0.481 e. The van der Waals surface area contributed by atoms with Gasteiger partial charge in [-0.15, -0.1) is 0 Å². The number of aliphatic carboxylic acids is 1. The number of ether oxygens (including phenoxy) is 2. The lowest BCUT2D eigenvalue weighted by molar-refractivity contribution is -0.136. The van der Waals surface area contributed by atoms with Crippen molar-refractivity contribution in [1.82, 2.24) is 20.0 Å². The van der Waals surface area contributed by atoms with Gasteiger partial charge in [-0.25, -0.2) is 19.6 Å². The molecule has 0 fully saturated rings. The summed E-state index contributed by atoms with van der Waals surface area (Å²) in [6.07, 6.45) is 6.34. The number of nitrogens with one attached hydrogen (secondary N) is 2. The van der Waals surface area contributed by atoms with Crippen LogP contribution < -0.4 is 16.3 Å². The third-order valence-electron chi connectivity index (χ3n) is 8.90. The van der Waals surface area contributed by atoms with E-state index in [9.17, 15) is 9.90 Å². The molecule has 10 nitrogen and oxygen atoms in total. The van der Waals surface area contributed by atoms with Crippen molar-refractivity contribution in [2.24, 2.45) is 11.6 Å². The molecule has 12 heteroatoms. The molecule has 4 bridgehead atoms. The van der Waals surface area contributed by atoms with Crippen LogP contribution in [0.4, 0.5) is 8.78 Å². The summed E-state index contributed by atoms with van der Waals surface area (Å²) in [5.41, 5.74) is 9.78. The van der Waals surface area contributed by atoms with Crippen LogP contribution in [-0.4, -0.2) is 43.7 Å². The Hall–Kier alpha value is -5.20. The van der Waals surface area contributed by atoms with Crippen molar-refractivity contribution in [2.75, 3.05) is 6.61 Å². The number of carbonyl (C=O) groups is 1. The van der Waals surface area contributed by atoms with E-state index in [0.717, 1.165) is 16.8 Å². The number of aryl methyl sites for hydroxylation is 1. The average molecular weight is 657 g/mol. The molecule has 0 saturated heterocycles. The second kappa shape index (κ2) is 13.5. The second-order valence-corrected chi connectivity index (χ2v) is 12.5. The Morgan fingerprint density at radius 1 is 1.17 bits per heavy atom. The first-order chi connectivity index (χ1) is 23.0. The van der Waals surface area contributed by atoms with Crippen molar-refractivity contribution >= 4 is 16.9 Å². The Kier molecular flexibility index (Phi) is 9.20. The number of nitrogens with two attached hydrogens (primary N) is 2. The van der Waals surface area contributed by atoms with E-state index in [1.807, 2.05) is 31.2 Å². The molecule has 2 unspecified atom stereocenters. The number of carboxylic acids is 1. The summed E-state index contributed by atoms with van der Waals surface area (Å²) in [4.78, 5) is 22.2. The molecular weight excluding hydrogens is 618 g/mol. The van der Waals surface area contributed by atoms with Gasteiger partial charge in [0.05, 0.1) is 30.5 Å². The van der Waals surface area contributed by atoms with Gasteiger partial charge in [-0.3, -0.25) is 4.79 Å². The Bertz CT molecular complexity index is 1990. The number of H-pyrrole nitrogens is 2. The third-order valence-corrected chi connectivity index (χ3v) is 8.90. The van der Waals surface area contributed by atoms with Crippen LogP contribution in [0.3, 0.4) is 0 Å². The molecule has 5 aromatic rings. The predicted molar refractivity (Wildman–Crippen MR) is 178 cm³/mol. The van der Waals surface area contributed by atoms with E-state index in [0.29, 0.717) is 41.4 Å². The van der Waals surface area contributed by atoms with Crippen LogP contribution in [0.1, 0.15) is 55.5 Å². The first kappa shape index (κ1) is 32.7. The lowest BCUT2D eigenvalue weighted by Crippen LogP contribution is -2.28. The minimum atomic E-state index is -0.869. The summed E-state index contributed by atoms with van der Waals surface area (Å²) in [7, 11) is 0. The highest BCUT2D eigenvalue weighted by Crippen LogP contribution is 2.40. The fourth-order valence-corrected chi connectivity index (χ4v) is 6.14. The normalized spacial score (nSPS) is 20.1. The van der Waals surface area contributed by atoms with E-state index in [-0.39, 0.29) is 48.6 Å². The Balaban J connectivity index is 1.45. The number of aromatic nitrogens is 3.